The maximum atomic E-state index is 12.7. The van der Waals surface area contributed by atoms with Crippen molar-refractivity contribution < 1.29 is 9.59 Å². The van der Waals surface area contributed by atoms with Crippen LogP contribution in [0.1, 0.15) is 26.7 Å². The number of rotatable bonds is 8. The van der Waals surface area contributed by atoms with E-state index in [9.17, 15) is 9.59 Å². The van der Waals surface area contributed by atoms with Crippen LogP contribution in [0.25, 0.3) is 0 Å². The molecule has 2 aliphatic carbocycles. The van der Waals surface area contributed by atoms with Crippen molar-refractivity contribution in [2.24, 2.45) is 28.7 Å². The van der Waals surface area contributed by atoms with Crippen LogP contribution in [0.4, 0.5) is 0 Å². The number of carbonyl (C=O) groups is 2. The summed E-state index contributed by atoms with van der Waals surface area (Å²) >= 11 is 0. The van der Waals surface area contributed by atoms with Gasteiger partial charge in [0.2, 0.25) is 11.8 Å². The summed E-state index contributed by atoms with van der Waals surface area (Å²) in [6.07, 6.45) is 6.35. The maximum Gasteiger partial charge on any atom is 0.233 e. The highest BCUT2D eigenvalue weighted by Crippen LogP contribution is 2.52. The summed E-state index contributed by atoms with van der Waals surface area (Å²) in [6, 6.07) is 0.554. The third-order valence-corrected chi connectivity index (χ3v) is 6.51. The summed E-state index contributed by atoms with van der Waals surface area (Å²) in [7, 11) is 3.85. The van der Waals surface area contributed by atoms with Gasteiger partial charge in [0.25, 0.3) is 0 Å². The molecule has 2 amide bonds. The molecular formula is C20H33N5O2. The zero-order valence-electron chi connectivity index (χ0n) is 16.9. The second-order valence-electron chi connectivity index (χ2n) is 7.99. The van der Waals surface area contributed by atoms with Crippen molar-refractivity contribution in [3.05, 3.63) is 12.2 Å². The highest BCUT2D eigenvalue weighted by Gasteiger charge is 2.58. The first-order chi connectivity index (χ1) is 13.0. The van der Waals surface area contributed by atoms with E-state index in [2.05, 4.69) is 53.6 Å². The Hall–Kier alpha value is -1.89. The number of likely N-dealkylation sites (N-methyl/N-ethyl adjacent to an activating group) is 1. The SMILES string of the molecule is CCC(C)N(C)CCNC(=NC)NCCN1C(=O)C2C3C=CC(C3)C2C1=O. The molecule has 1 saturated carbocycles. The van der Waals surface area contributed by atoms with Crippen molar-refractivity contribution in [3.8, 4) is 0 Å². The lowest BCUT2D eigenvalue weighted by atomic mass is 9.85. The van der Waals surface area contributed by atoms with E-state index in [1.165, 1.54) is 4.90 Å². The second kappa shape index (κ2) is 8.42. The molecule has 1 aliphatic heterocycles. The molecule has 1 saturated heterocycles. The zero-order chi connectivity index (χ0) is 19.6. The first-order valence-electron chi connectivity index (χ1n) is 10.2. The van der Waals surface area contributed by atoms with Crippen LogP contribution in [0, 0.1) is 23.7 Å². The predicted molar refractivity (Wildman–Crippen MR) is 106 cm³/mol. The van der Waals surface area contributed by atoms with Crippen LogP contribution in [-0.2, 0) is 9.59 Å². The molecule has 2 bridgehead atoms. The zero-order valence-corrected chi connectivity index (χ0v) is 16.9. The Bertz CT molecular complexity index is 602. The van der Waals surface area contributed by atoms with E-state index in [1.807, 2.05) is 0 Å². The average molecular weight is 376 g/mol. The lowest BCUT2D eigenvalue weighted by Crippen LogP contribution is -2.45. The van der Waals surface area contributed by atoms with Crippen molar-refractivity contribution in [2.45, 2.75) is 32.7 Å². The van der Waals surface area contributed by atoms with Gasteiger partial charge in [0.05, 0.1) is 11.8 Å². The fourth-order valence-electron chi connectivity index (χ4n) is 4.57. The van der Waals surface area contributed by atoms with Gasteiger partial charge in [-0.2, -0.15) is 0 Å². The van der Waals surface area contributed by atoms with Crippen molar-refractivity contribution in [2.75, 3.05) is 40.3 Å². The summed E-state index contributed by atoms with van der Waals surface area (Å²) in [5.74, 6) is 1.05. The molecule has 3 rings (SSSR count). The Balaban J connectivity index is 1.41. The van der Waals surface area contributed by atoms with Gasteiger partial charge in [-0.1, -0.05) is 19.1 Å². The molecule has 0 aromatic rings. The minimum absolute atomic E-state index is 0.0155. The van der Waals surface area contributed by atoms with Crippen molar-refractivity contribution in [1.82, 2.24) is 20.4 Å². The number of imide groups is 1. The van der Waals surface area contributed by atoms with E-state index in [1.54, 1.807) is 7.05 Å². The second-order valence-corrected chi connectivity index (χ2v) is 7.99. The number of likely N-dealkylation sites (tertiary alicyclic amines) is 1. The largest absolute Gasteiger partial charge is 0.355 e. The summed E-state index contributed by atoms with van der Waals surface area (Å²) in [4.78, 5) is 33.3. The molecule has 2 N–H and O–H groups in total. The number of nitrogens with one attached hydrogen (secondary N) is 2. The van der Waals surface area contributed by atoms with Gasteiger partial charge < -0.3 is 15.5 Å². The van der Waals surface area contributed by atoms with Crippen LogP contribution >= 0.6 is 0 Å². The minimum Gasteiger partial charge on any atom is -0.355 e. The molecule has 3 aliphatic rings. The first kappa shape index (κ1) is 19.9. The van der Waals surface area contributed by atoms with Crippen molar-refractivity contribution >= 4 is 17.8 Å². The Morgan fingerprint density at radius 3 is 2.37 bits per heavy atom. The van der Waals surface area contributed by atoms with Gasteiger partial charge in [-0.15, -0.1) is 0 Å². The number of amides is 2. The molecule has 150 valence electrons. The Morgan fingerprint density at radius 1 is 1.22 bits per heavy atom. The summed E-state index contributed by atoms with van der Waals surface area (Å²) in [5.41, 5.74) is 0. The molecule has 5 unspecified atom stereocenters. The molecule has 5 atom stereocenters. The summed E-state index contributed by atoms with van der Waals surface area (Å²) in [5, 5.41) is 6.51. The number of nitrogens with zero attached hydrogens (tertiary/aromatic N) is 3. The number of hydrogen-bond donors (Lipinski definition) is 2. The third kappa shape index (κ3) is 3.88. The number of guanidine groups is 1. The number of aliphatic imine (C=N–C) groups is 1. The fourth-order valence-corrected chi connectivity index (χ4v) is 4.57. The average Bonchev–Trinajstić information content (AvgIpc) is 3.35. The molecule has 27 heavy (non-hydrogen) atoms. The first-order valence-corrected chi connectivity index (χ1v) is 10.2. The molecule has 1 heterocycles. The molecule has 7 heteroatoms. The standard InChI is InChI=1S/C20H33N5O2/c1-5-13(2)24(4)10-8-22-20(21-3)23-9-11-25-18(26)16-14-6-7-15(12-14)17(16)19(25)27/h6-7,13-17H,5,8-12H2,1-4H3,(H2,21,22,23). The highest BCUT2D eigenvalue weighted by molar-refractivity contribution is 6.06. The van der Waals surface area contributed by atoms with Crippen LogP contribution in [0.3, 0.4) is 0 Å². The van der Waals surface area contributed by atoms with Crippen LogP contribution in [0.2, 0.25) is 0 Å². The highest BCUT2D eigenvalue weighted by atomic mass is 16.2. The van der Waals surface area contributed by atoms with Gasteiger partial charge >= 0.3 is 0 Å². The van der Waals surface area contributed by atoms with Crippen molar-refractivity contribution in [1.29, 1.82) is 0 Å². The number of fused-ring (bicyclic) bond motifs is 5. The van der Waals surface area contributed by atoms with Gasteiger partial charge in [-0.05, 0) is 38.6 Å². The summed E-state index contributed by atoms with van der Waals surface area (Å²) in [6.45, 7) is 7.04. The van der Waals surface area contributed by atoms with E-state index >= 15 is 0 Å². The molecule has 2 fully saturated rings. The topological polar surface area (TPSA) is 77.0 Å². The smallest absolute Gasteiger partial charge is 0.233 e. The van der Waals surface area contributed by atoms with Crippen LogP contribution in [0.15, 0.2) is 17.1 Å². The van der Waals surface area contributed by atoms with E-state index in [4.69, 9.17) is 0 Å². The van der Waals surface area contributed by atoms with Gasteiger partial charge in [-0.3, -0.25) is 19.5 Å². The number of carbonyl (C=O) groups excluding carboxylic acids is 2. The quantitative estimate of drug-likeness (QED) is 0.283. The molecule has 0 radical (unpaired) electrons. The lowest BCUT2D eigenvalue weighted by molar-refractivity contribution is -0.140. The van der Waals surface area contributed by atoms with Gasteiger partial charge in [0, 0.05) is 39.3 Å². The van der Waals surface area contributed by atoms with Gasteiger partial charge in [0.15, 0.2) is 5.96 Å². The molecular weight excluding hydrogens is 342 g/mol. The van der Waals surface area contributed by atoms with Crippen LogP contribution in [-0.4, -0.2) is 73.9 Å². The van der Waals surface area contributed by atoms with E-state index in [0.717, 1.165) is 25.9 Å². The third-order valence-electron chi connectivity index (χ3n) is 6.51. The lowest BCUT2D eigenvalue weighted by Gasteiger charge is -2.24. The Morgan fingerprint density at radius 2 is 1.81 bits per heavy atom. The Labute approximate surface area is 162 Å². The molecule has 7 nitrogen and oxygen atoms in total. The minimum atomic E-state index is -0.110. The van der Waals surface area contributed by atoms with Gasteiger partial charge in [0.1, 0.15) is 0 Å². The van der Waals surface area contributed by atoms with Crippen LogP contribution in [0.5, 0.6) is 0 Å². The van der Waals surface area contributed by atoms with E-state index < -0.39 is 0 Å². The molecule has 0 aromatic carbocycles. The van der Waals surface area contributed by atoms with Crippen LogP contribution < -0.4 is 10.6 Å². The normalized spacial score (nSPS) is 30.4. The molecule has 0 aromatic heterocycles. The van der Waals surface area contributed by atoms with Gasteiger partial charge in [-0.25, -0.2) is 0 Å². The number of hydrogen-bond acceptors (Lipinski definition) is 4. The Kier molecular flexibility index (Phi) is 6.19. The fraction of sp³-hybridized carbons (Fsp3) is 0.750. The maximum absolute atomic E-state index is 12.7. The van der Waals surface area contributed by atoms with Crippen molar-refractivity contribution in [3.63, 3.8) is 0 Å². The monoisotopic (exact) mass is 375 g/mol. The number of allylic oxidation sites excluding steroid dienone is 2. The van der Waals surface area contributed by atoms with E-state index in [0.29, 0.717) is 25.1 Å². The predicted octanol–water partition coefficient (Wildman–Crippen LogP) is 0.689. The summed E-state index contributed by atoms with van der Waals surface area (Å²) < 4.78 is 0. The van der Waals surface area contributed by atoms with E-state index in [-0.39, 0.29) is 35.5 Å². The molecule has 0 spiro atoms.